The average Bonchev–Trinajstić information content (AvgIpc) is 2.90. The van der Waals surface area contributed by atoms with Gasteiger partial charge in [-0.1, -0.05) is 140 Å². The first kappa shape index (κ1) is 26.2. The molecule has 0 amide bonds. The molecule has 5 aromatic rings. The highest BCUT2D eigenvalue weighted by Gasteiger charge is 2.19. The van der Waals surface area contributed by atoms with E-state index in [1.54, 1.807) is 0 Å². The molecule has 5 rings (SSSR count). The number of fused-ring (bicyclic) bond motifs is 2. The van der Waals surface area contributed by atoms with Crippen molar-refractivity contribution in [2.75, 3.05) is 0 Å². The van der Waals surface area contributed by atoms with Crippen LogP contribution in [0.4, 0.5) is 0 Å². The Bertz CT molecular complexity index is 1380. The van der Waals surface area contributed by atoms with Gasteiger partial charge in [0.25, 0.3) is 0 Å². The first-order valence-electron chi connectivity index (χ1n) is 14.4. The minimum Gasteiger partial charge on any atom is -0.0616 e. The second-order valence-corrected chi connectivity index (χ2v) is 12.2. The molecule has 0 spiro atoms. The van der Waals surface area contributed by atoms with Gasteiger partial charge in [0, 0.05) is 0 Å². The third kappa shape index (κ3) is 4.78. The van der Waals surface area contributed by atoms with Crippen molar-refractivity contribution in [3.05, 3.63) is 107 Å². The summed E-state index contributed by atoms with van der Waals surface area (Å²) in [5.74, 6) is 1.94. The SMILES string of the molecule is CC(C)c1cc(-c2c3ccccc3c(-c3cc(C(C)C)cc(C(C)C)c3)c3ccccc23)cc(C(C)C)c1. The molecule has 0 aliphatic rings. The van der Waals surface area contributed by atoms with E-state index in [0.29, 0.717) is 23.7 Å². The molecule has 0 unspecified atom stereocenters. The van der Waals surface area contributed by atoms with Crippen LogP contribution in [-0.2, 0) is 0 Å². The summed E-state index contributed by atoms with van der Waals surface area (Å²) in [4.78, 5) is 0. The van der Waals surface area contributed by atoms with Crippen LogP contribution in [0.3, 0.4) is 0 Å². The minimum absolute atomic E-state index is 0.484. The number of benzene rings is 5. The lowest BCUT2D eigenvalue weighted by atomic mass is 9.82. The van der Waals surface area contributed by atoms with Crippen molar-refractivity contribution >= 4 is 21.5 Å². The number of rotatable bonds is 6. The summed E-state index contributed by atoms with van der Waals surface area (Å²) in [5, 5.41) is 5.33. The maximum Gasteiger partial charge on any atom is -0.00262 e. The van der Waals surface area contributed by atoms with E-state index in [1.807, 2.05) is 0 Å². The smallest absolute Gasteiger partial charge is 0.00262 e. The Morgan fingerprint density at radius 1 is 0.342 bits per heavy atom. The van der Waals surface area contributed by atoms with Crippen LogP contribution >= 0.6 is 0 Å². The van der Waals surface area contributed by atoms with E-state index in [4.69, 9.17) is 0 Å². The molecule has 0 heterocycles. The third-order valence-corrected chi connectivity index (χ3v) is 8.13. The summed E-state index contributed by atoms with van der Waals surface area (Å²) in [6.45, 7) is 18.4. The summed E-state index contributed by atoms with van der Waals surface area (Å²) >= 11 is 0. The molecule has 0 atom stereocenters. The zero-order valence-electron chi connectivity index (χ0n) is 24.4. The van der Waals surface area contributed by atoms with Gasteiger partial charge >= 0.3 is 0 Å². The Balaban J connectivity index is 1.93. The van der Waals surface area contributed by atoms with Crippen molar-refractivity contribution in [2.45, 2.75) is 79.1 Å². The van der Waals surface area contributed by atoms with Gasteiger partial charge in [0.15, 0.2) is 0 Å². The Morgan fingerprint density at radius 2 is 0.579 bits per heavy atom. The van der Waals surface area contributed by atoms with E-state index < -0.39 is 0 Å². The highest BCUT2D eigenvalue weighted by atomic mass is 14.2. The highest BCUT2D eigenvalue weighted by Crippen LogP contribution is 2.45. The summed E-state index contributed by atoms with van der Waals surface area (Å²) in [6.07, 6.45) is 0. The van der Waals surface area contributed by atoms with E-state index >= 15 is 0 Å². The minimum atomic E-state index is 0.484. The molecule has 0 bridgehead atoms. The monoisotopic (exact) mass is 498 g/mol. The zero-order chi connectivity index (χ0) is 27.1. The number of hydrogen-bond donors (Lipinski definition) is 0. The van der Waals surface area contributed by atoms with Crippen LogP contribution in [0, 0.1) is 0 Å². The van der Waals surface area contributed by atoms with Crippen molar-refractivity contribution in [2.24, 2.45) is 0 Å². The molecule has 0 saturated heterocycles. The van der Waals surface area contributed by atoms with E-state index in [2.05, 4.69) is 140 Å². The molecule has 0 aliphatic heterocycles. The molecule has 0 fully saturated rings. The second kappa shape index (κ2) is 10.4. The molecule has 0 saturated carbocycles. The Labute approximate surface area is 229 Å². The zero-order valence-corrected chi connectivity index (χ0v) is 24.4. The molecule has 0 aliphatic carbocycles. The van der Waals surface area contributed by atoms with Crippen LogP contribution in [0.1, 0.15) is 101 Å². The van der Waals surface area contributed by atoms with Crippen LogP contribution in [0.25, 0.3) is 43.8 Å². The molecule has 0 heteroatoms. The Kier molecular flexibility index (Phi) is 7.19. The number of hydrogen-bond acceptors (Lipinski definition) is 0. The Morgan fingerprint density at radius 3 is 0.789 bits per heavy atom. The predicted octanol–water partition coefficient (Wildman–Crippen LogP) is 11.8. The van der Waals surface area contributed by atoms with Gasteiger partial charge in [0.2, 0.25) is 0 Å². The summed E-state index contributed by atoms with van der Waals surface area (Å²) in [5.41, 5.74) is 11.0. The first-order chi connectivity index (χ1) is 18.2. The third-order valence-electron chi connectivity index (χ3n) is 8.13. The molecule has 38 heavy (non-hydrogen) atoms. The lowest BCUT2D eigenvalue weighted by Crippen LogP contribution is -1.98. The maximum absolute atomic E-state index is 2.43. The van der Waals surface area contributed by atoms with Crippen molar-refractivity contribution in [3.8, 4) is 22.3 Å². The van der Waals surface area contributed by atoms with Crippen LogP contribution < -0.4 is 0 Å². The lowest BCUT2D eigenvalue weighted by Gasteiger charge is -2.21. The molecule has 0 aromatic heterocycles. The van der Waals surface area contributed by atoms with Crippen LogP contribution in [0.2, 0.25) is 0 Å². The van der Waals surface area contributed by atoms with Crippen molar-refractivity contribution in [1.82, 2.24) is 0 Å². The molecule has 0 radical (unpaired) electrons. The van der Waals surface area contributed by atoms with E-state index in [-0.39, 0.29) is 0 Å². The summed E-state index contributed by atoms with van der Waals surface area (Å²) < 4.78 is 0. The average molecular weight is 499 g/mol. The van der Waals surface area contributed by atoms with Gasteiger partial charge in [0.05, 0.1) is 0 Å². The first-order valence-corrected chi connectivity index (χ1v) is 14.4. The predicted molar refractivity (Wildman–Crippen MR) is 169 cm³/mol. The van der Waals surface area contributed by atoms with Crippen LogP contribution in [0.5, 0.6) is 0 Å². The standard InChI is InChI=1S/C38H42/c1-23(2)27-17-28(24(3)4)20-31(19-27)37-33-13-9-11-15-35(33)38(36-16-12-10-14-34(36)37)32-21-29(25(5)6)18-30(22-32)26(7)8/h9-26H,1-8H3. The molecular weight excluding hydrogens is 456 g/mol. The summed E-state index contributed by atoms with van der Waals surface area (Å²) in [7, 11) is 0. The van der Waals surface area contributed by atoms with Gasteiger partial charge in [-0.15, -0.1) is 0 Å². The van der Waals surface area contributed by atoms with Gasteiger partial charge in [-0.2, -0.15) is 0 Å². The molecular formula is C38H42. The summed E-state index contributed by atoms with van der Waals surface area (Å²) in [6, 6.07) is 32.6. The molecule has 0 nitrogen and oxygen atoms in total. The molecule has 194 valence electrons. The Hall–Kier alpha value is -3.38. The topological polar surface area (TPSA) is 0 Å². The highest BCUT2D eigenvalue weighted by molar-refractivity contribution is 6.21. The van der Waals surface area contributed by atoms with Gasteiger partial charge < -0.3 is 0 Å². The van der Waals surface area contributed by atoms with Gasteiger partial charge in [-0.05, 0) is 89.7 Å². The van der Waals surface area contributed by atoms with Crippen molar-refractivity contribution in [3.63, 3.8) is 0 Å². The van der Waals surface area contributed by atoms with Gasteiger partial charge in [-0.25, -0.2) is 0 Å². The normalized spacial score (nSPS) is 12.1. The van der Waals surface area contributed by atoms with E-state index in [9.17, 15) is 0 Å². The fraction of sp³-hybridized carbons (Fsp3) is 0.316. The van der Waals surface area contributed by atoms with Gasteiger partial charge in [0.1, 0.15) is 0 Å². The van der Waals surface area contributed by atoms with Gasteiger partial charge in [-0.3, -0.25) is 0 Å². The van der Waals surface area contributed by atoms with E-state index in [0.717, 1.165) is 0 Å². The fourth-order valence-electron chi connectivity index (χ4n) is 5.73. The maximum atomic E-state index is 2.43. The molecule has 0 N–H and O–H groups in total. The van der Waals surface area contributed by atoms with Crippen LogP contribution in [-0.4, -0.2) is 0 Å². The van der Waals surface area contributed by atoms with Crippen molar-refractivity contribution < 1.29 is 0 Å². The van der Waals surface area contributed by atoms with Crippen LogP contribution in [0.15, 0.2) is 84.9 Å². The van der Waals surface area contributed by atoms with Crippen molar-refractivity contribution in [1.29, 1.82) is 0 Å². The fourth-order valence-corrected chi connectivity index (χ4v) is 5.73. The lowest BCUT2D eigenvalue weighted by molar-refractivity contribution is 0.834. The molecule has 5 aromatic carbocycles. The van der Waals surface area contributed by atoms with E-state index in [1.165, 1.54) is 66.1 Å². The second-order valence-electron chi connectivity index (χ2n) is 12.2. The largest absolute Gasteiger partial charge is 0.0616 e. The quantitative estimate of drug-likeness (QED) is 0.204.